The lowest BCUT2D eigenvalue weighted by atomic mass is 10.1. The molecule has 0 bridgehead atoms. The molecule has 1 amide bonds. The van der Waals surface area contributed by atoms with Crippen molar-refractivity contribution in [3.8, 4) is 22.7 Å². The van der Waals surface area contributed by atoms with Crippen LogP contribution in [0.3, 0.4) is 0 Å². The van der Waals surface area contributed by atoms with Crippen LogP contribution in [0.15, 0.2) is 67.0 Å². The number of aromatic nitrogens is 4. The van der Waals surface area contributed by atoms with E-state index in [1.807, 2.05) is 38.4 Å². The third-order valence-electron chi connectivity index (χ3n) is 7.00. The van der Waals surface area contributed by atoms with Crippen molar-refractivity contribution >= 4 is 28.4 Å². The number of nitrogens with one attached hydrogen (secondary N) is 2. The number of hydrogen-bond donors (Lipinski definition) is 3. The van der Waals surface area contributed by atoms with Gasteiger partial charge in [-0.1, -0.05) is 18.2 Å². The van der Waals surface area contributed by atoms with E-state index in [4.69, 9.17) is 15.6 Å². The van der Waals surface area contributed by atoms with Crippen molar-refractivity contribution < 1.29 is 27.1 Å². The first kappa shape index (κ1) is 31.3. The van der Waals surface area contributed by atoms with Crippen LogP contribution < -0.4 is 21.1 Å². The maximum atomic E-state index is 14.4. The number of benzene rings is 3. The van der Waals surface area contributed by atoms with E-state index >= 15 is 0 Å². The number of likely N-dealkylation sites (N-methyl/N-ethyl adjacent to an activating group) is 1. The quantitative estimate of drug-likeness (QED) is 0.145. The molecule has 0 saturated carbocycles. The van der Waals surface area contributed by atoms with Crippen LogP contribution in [0.4, 0.5) is 29.1 Å². The summed E-state index contributed by atoms with van der Waals surface area (Å²) in [5.41, 5.74) is 8.00. The molecule has 2 aromatic heterocycles. The molecule has 5 rings (SSSR count). The number of methoxy groups -OCH3 is 1. The van der Waals surface area contributed by atoms with E-state index in [1.165, 1.54) is 19.5 Å². The number of carbonyl (C=O) groups is 1. The van der Waals surface area contributed by atoms with E-state index in [1.54, 1.807) is 16.8 Å². The minimum Gasteiger partial charge on any atom is -0.495 e. The van der Waals surface area contributed by atoms with Gasteiger partial charge in [-0.3, -0.25) is 4.79 Å². The fraction of sp³-hybridized carbons (Fsp3) is 0.226. The van der Waals surface area contributed by atoms with Gasteiger partial charge in [-0.2, -0.15) is 18.3 Å². The highest BCUT2D eigenvalue weighted by atomic mass is 19.4. The molecule has 2 heterocycles. The Bertz CT molecular complexity index is 1840. The van der Waals surface area contributed by atoms with Crippen LogP contribution in [0, 0.1) is 5.82 Å². The monoisotopic (exact) mass is 622 g/mol. The highest BCUT2D eigenvalue weighted by molar-refractivity contribution is 6.06. The first-order valence-electron chi connectivity index (χ1n) is 13.8. The number of alkyl halides is 3. The Hall–Kier alpha value is -5.08. The molecule has 3 aromatic carbocycles. The number of anilines is 2. The minimum absolute atomic E-state index is 0.160. The van der Waals surface area contributed by atoms with Gasteiger partial charge in [-0.15, -0.1) is 0 Å². The summed E-state index contributed by atoms with van der Waals surface area (Å²) >= 11 is 0. The van der Waals surface area contributed by atoms with E-state index in [0.29, 0.717) is 34.9 Å². The van der Waals surface area contributed by atoms with E-state index in [0.717, 1.165) is 30.4 Å². The number of nitrogen functional groups attached to an aromatic ring is 1. The number of nitrogens with zero attached hydrogens (tertiary/aromatic N) is 5. The Labute approximate surface area is 255 Å². The van der Waals surface area contributed by atoms with Crippen LogP contribution in [0.25, 0.3) is 28.0 Å². The van der Waals surface area contributed by atoms with E-state index in [9.17, 15) is 22.4 Å². The van der Waals surface area contributed by atoms with E-state index < -0.39 is 29.0 Å². The molecule has 0 spiro atoms. The minimum atomic E-state index is -4.74. The van der Waals surface area contributed by atoms with Crippen LogP contribution in [0.5, 0.6) is 5.75 Å². The fourth-order valence-corrected chi connectivity index (χ4v) is 4.65. The summed E-state index contributed by atoms with van der Waals surface area (Å²) in [5.74, 6) is -1.86. The number of hydrogen-bond acceptors (Lipinski definition) is 8. The normalized spacial score (nSPS) is 11.7. The number of ether oxygens (including phenoxy) is 1. The summed E-state index contributed by atoms with van der Waals surface area (Å²) in [6, 6.07) is 14.3. The summed E-state index contributed by atoms with van der Waals surface area (Å²) in [7, 11) is 5.42. The first-order chi connectivity index (χ1) is 21.5. The molecule has 0 fully saturated rings. The first-order valence-corrected chi connectivity index (χ1v) is 13.8. The Morgan fingerprint density at radius 3 is 2.47 bits per heavy atom. The van der Waals surface area contributed by atoms with Gasteiger partial charge in [-0.05, 0) is 62.1 Å². The highest BCUT2D eigenvalue weighted by Gasteiger charge is 2.32. The zero-order chi connectivity index (χ0) is 32.3. The lowest BCUT2D eigenvalue weighted by Crippen LogP contribution is -2.26. The van der Waals surface area contributed by atoms with Gasteiger partial charge in [0, 0.05) is 25.2 Å². The number of amides is 1. The third kappa shape index (κ3) is 6.86. The third-order valence-corrected chi connectivity index (χ3v) is 7.00. The lowest BCUT2D eigenvalue weighted by Gasteiger charge is -2.13. The highest BCUT2D eigenvalue weighted by Crippen LogP contribution is 2.36. The molecule has 14 heteroatoms. The number of fused-ring (bicyclic) bond motifs is 1. The van der Waals surface area contributed by atoms with Crippen molar-refractivity contribution in [2.45, 2.75) is 12.7 Å². The van der Waals surface area contributed by atoms with Crippen molar-refractivity contribution in [3.05, 3.63) is 89.5 Å². The molecular weight excluding hydrogens is 592 g/mol. The molecule has 0 aliphatic carbocycles. The molecule has 45 heavy (non-hydrogen) atoms. The number of rotatable bonds is 10. The molecular formula is C31H30F4N8O2. The molecule has 0 saturated heterocycles. The predicted molar refractivity (Wildman–Crippen MR) is 163 cm³/mol. The van der Waals surface area contributed by atoms with Crippen molar-refractivity contribution in [1.29, 1.82) is 0 Å². The zero-order valence-electron chi connectivity index (χ0n) is 24.6. The van der Waals surface area contributed by atoms with Gasteiger partial charge >= 0.3 is 6.18 Å². The van der Waals surface area contributed by atoms with Gasteiger partial charge in [0.1, 0.15) is 29.4 Å². The SMILES string of the molecule is COc1cc(-c2nn(-c3ccc(CNCCN(C)C)cc3)c3ncnc(N)c23)ccc1NC(=O)c1ccc(C(F)(F)F)cc1F. The van der Waals surface area contributed by atoms with E-state index in [-0.39, 0.29) is 23.3 Å². The second-order valence-corrected chi connectivity index (χ2v) is 10.4. The summed E-state index contributed by atoms with van der Waals surface area (Å²) in [6.07, 6.45) is -3.39. The molecule has 0 atom stereocenters. The molecule has 0 unspecified atom stereocenters. The largest absolute Gasteiger partial charge is 0.495 e. The molecule has 5 aromatic rings. The molecule has 234 valence electrons. The summed E-state index contributed by atoms with van der Waals surface area (Å²) in [6.45, 7) is 2.50. The lowest BCUT2D eigenvalue weighted by molar-refractivity contribution is -0.137. The molecule has 4 N–H and O–H groups in total. The second kappa shape index (κ2) is 12.9. The van der Waals surface area contributed by atoms with Crippen molar-refractivity contribution in [2.75, 3.05) is 45.3 Å². The molecule has 0 aliphatic heterocycles. The molecule has 0 radical (unpaired) electrons. The standard InChI is InChI=1S/C31H30F4N8O2/c1-42(2)13-12-37-16-18-4-8-21(9-5-18)43-29-26(28(36)38-17-39-29)27(41-43)19-6-11-24(25(14-19)45-3)40-30(44)22-10-7-20(15-23(22)32)31(33,34)35/h4-11,14-15,17,37H,12-13,16H2,1-3H3,(H,40,44)(H2,36,38,39). The van der Waals surface area contributed by atoms with E-state index in [2.05, 4.69) is 25.5 Å². The van der Waals surface area contributed by atoms with Crippen LogP contribution in [-0.4, -0.2) is 64.9 Å². The van der Waals surface area contributed by atoms with Crippen molar-refractivity contribution in [2.24, 2.45) is 0 Å². The number of carbonyl (C=O) groups excluding carboxylic acids is 1. The Balaban J connectivity index is 1.43. The number of halogens is 4. The summed E-state index contributed by atoms with van der Waals surface area (Å²) in [5, 5.41) is 11.2. The fourth-order valence-electron chi connectivity index (χ4n) is 4.65. The van der Waals surface area contributed by atoms with Crippen molar-refractivity contribution in [1.82, 2.24) is 30.0 Å². The zero-order valence-corrected chi connectivity index (χ0v) is 24.6. The van der Waals surface area contributed by atoms with Crippen molar-refractivity contribution in [3.63, 3.8) is 0 Å². The van der Waals surface area contributed by atoms with Gasteiger partial charge in [0.05, 0.1) is 35.0 Å². The summed E-state index contributed by atoms with van der Waals surface area (Å²) in [4.78, 5) is 23.4. The van der Waals surface area contributed by atoms with Crippen LogP contribution >= 0.6 is 0 Å². The Kier molecular flexibility index (Phi) is 8.97. The van der Waals surface area contributed by atoms with Gasteiger partial charge < -0.3 is 26.0 Å². The van der Waals surface area contributed by atoms with Gasteiger partial charge in [0.2, 0.25) is 0 Å². The van der Waals surface area contributed by atoms with Gasteiger partial charge in [0.15, 0.2) is 5.65 Å². The average molecular weight is 623 g/mol. The summed E-state index contributed by atoms with van der Waals surface area (Å²) < 4.78 is 60.3. The maximum absolute atomic E-state index is 14.4. The van der Waals surface area contributed by atoms with Gasteiger partial charge in [-0.25, -0.2) is 19.0 Å². The number of nitrogens with two attached hydrogens (primary N) is 1. The van der Waals surface area contributed by atoms with Crippen LogP contribution in [0.2, 0.25) is 0 Å². The second-order valence-electron chi connectivity index (χ2n) is 10.4. The van der Waals surface area contributed by atoms with Crippen LogP contribution in [0.1, 0.15) is 21.5 Å². The Morgan fingerprint density at radius 1 is 1.04 bits per heavy atom. The maximum Gasteiger partial charge on any atom is 0.416 e. The average Bonchev–Trinajstić information content (AvgIpc) is 3.40. The topological polar surface area (TPSA) is 123 Å². The Morgan fingerprint density at radius 2 is 1.80 bits per heavy atom. The molecule has 0 aliphatic rings. The van der Waals surface area contributed by atoms with Crippen LogP contribution in [-0.2, 0) is 12.7 Å². The van der Waals surface area contributed by atoms with Gasteiger partial charge in [0.25, 0.3) is 5.91 Å². The predicted octanol–water partition coefficient (Wildman–Crippen LogP) is 5.13. The molecule has 10 nitrogen and oxygen atoms in total. The smallest absolute Gasteiger partial charge is 0.416 e.